The zero-order chi connectivity index (χ0) is 22.8. The number of likely N-dealkylation sites (N-methyl/N-ethyl adjacent to an activating group) is 1. The molecule has 0 N–H and O–H groups in total. The summed E-state index contributed by atoms with van der Waals surface area (Å²) >= 11 is 6.01. The van der Waals surface area contributed by atoms with Crippen LogP contribution in [0.3, 0.4) is 0 Å². The van der Waals surface area contributed by atoms with E-state index < -0.39 is 4.92 Å². The summed E-state index contributed by atoms with van der Waals surface area (Å²) in [6, 6.07) is 13.3. The van der Waals surface area contributed by atoms with Gasteiger partial charge in [-0.05, 0) is 38.2 Å². The number of hydrogen-bond acceptors (Lipinski definition) is 6. The lowest BCUT2D eigenvalue weighted by Gasteiger charge is -2.33. The second kappa shape index (κ2) is 9.02. The van der Waals surface area contributed by atoms with Gasteiger partial charge in [0.15, 0.2) is 5.82 Å². The fourth-order valence-electron chi connectivity index (χ4n) is 3.70. The number of amides is 1. The summed E-state index contributed by atoms with van der Waals surface area (Å²) in [7, 11) is 2.02. The highest BCUT2D eigenvalue weighted by atomic mass is 35.5. The van der Waals surface area contributed by atoms with Crippen molar-refractivity contribution in [2.24, 2.45) is 0 Å². The van der Waals surface area contributed by atoms with Crippen molar-refractivity contribution in [2.75, 3.05) is 33.2 Å². The van der Waals surface area contributed by atoms with E-state index in [9.17, 15) is 14.9 Å². The molecule has 0 aliphatic carbocycles. The van der Waals surface area contributed by atoms with Gasteiger partial charge in [-0.15, -0.1) is 0 Å². The molecule has 0 spiro atoms. The Balaban J connectivity index is 1.86. The van der Waals surface area contributed by atoms with Gasteiger partial charge in [0.1, 0.15) is 0 Å². The van der Waals surface area contributed by atoms with Crippen molar-refractivity contribution in [2.45, 2.75) is 6.92 Å². The number of aromatic nitrogens is 2. The van der Waals surface area contributed by atoms with Gasteiger partial charge < -0.3 is 9.80 Å². The van der Waals surface area contributed by atoms with E-state index in [1.54, 1.807) is 48.2 Å². The standard InChI is InChI=1S/C23H22ClN5O3/c1-15-20(23(30)28-12-10-27(2)11-13-28)21(17-4-3-5-19(14-17)29(31)32)26-22(25-15)16-6-8-18(24)9-7-16/h3-9,14H,10-13H2,1-2H3. The van der Waals surface area contributed by atoms with Crippen LogP contribution in [0.2, 0.25) is 5.02 Å². The number of piperazine rings is 1. The van der Waals surface area contributed by atoms with Crippen LogP contribution in [-0.4, -0.2) is 63.8 Å². The molecule has 1 amide bonds. The number of non-ortho nitro benzene ring substituents is 1. The highest BCUT2D eigenvalue weighted by Crippen LogP contribution is 2.30. The largest absolute Gasteiger partial charge is 0.336 e. The van der Waals surface area contributed by atoms with Crippen molar-refractivity contribution in [1.29, 1.82) is 0 Å². The number of hydrogen-bond donors (Lipinski definition) is 0. The Morgan fingerprint density at radius 2 is 1.72 bits per heavy atom. The topological polar surface area (TPSA) is 92.5 Å². The first-order valence-electron chi connectivity index (χ1n) is 10.2. The molecular weight excluding hydrogens is 430 g/mol. The SMILES string of the molecule is Cc1nc(-c2ccc(Cl)cc2)nc(-c2cccc([N+](=O)[O-])c2)c1C(=O)N1CCN(C)CC1. The van der Waals surface area contributed by atoms with Gasteiger partial charge in [-0.1, -0.05) is 23.7 Å². The molecule has 9 heteroatoms. The number of nitrogens with zero attached hydrogens (tertiary/aromatic N) is 5. The van der Waals surface area contributed by atoms with E-state index in [0.717, 1.165) is 18.7 Å². The molecule has 1 saturated heterocycles. The van der Waals surface area contributed by atoms with Crippen molar-refractivity contribution < 1.29 is 9.72 Å². The predicted molar refractivity (Wildman–Crippen MR) is 123 cm³/mol. The molecule has 0 saturated carbocycles. The lowest BCUT2D eigenvalue weighted by Crippen LogP contribution is -2.47. The molecule has 32 heavy (non-hydrogen) atoms. The van der Waals surface area contributed by atoms with Crippen molar-refractivity contribution in [3.05, 3.63) is 74.9 Å². The van der Waals surface area contributed by atoms with Crippen LogP contribution in [0.25, 0.3) is 22.6 Å². The maximum Gasteiger partial charge on any atom is 0.270 e. The zero-order valence-electron chi connectivity index (χ0n) is 17.8. The van der Waals surface area contributed by atoms with Gasteiger partial charge in [0.2, 0.25) is 0 Å². The Kier molecular flexibility index (Phi) is 6.16. The third-order valence-electron chi connectivity index (χ3n) is 5.53. The molecule has 3 aromatic rings. The first-order chi connectivity index (χ1) is 15.3. The Bertz CT molecular complexity index is 1170. The van der Waals surface area contributed by atoms with Crippen LogP contribution >= 0.6 is 11.6 Å². The lowest BCUT2D eigenvalue weighted by molar-refractivity contribution is -0.384. The fourth-order valence-corrected chi connectivity index (χ4v) is 3.83. The van der Waals surface area contributed by atoms with E-state index in [4.69, 9.17) is 16.6 Å². The number of carbonyl (C=O) groups is 1. The van der Waals surface area contributed by atoms with E-state index in [2.05, 4.69) is 9.88 Å². The monoisotopic (exact) mass is 451 g/mol. The zero-order valence-corrected chi connectivity index (χ0v) is 18.5. The molecular formula is C23H22ClN5O3. The van der Waals surface area contributed by atoms with Crippen molar-refractivity contribution >= 4 is 23.2 Å². The van der Waals surface area contributed by atoms with Gasteiger partial charge in [-0.25, -0.2) is 9.97 Å². The summed E-state index contributed by atoms with van der Waals surface area (Å²) < 4.78 is 0. The van der Waals surface area contributed by atoms with Crippen LogP contribution in [0.5, 0.6) is 0 Å². The van der Waals surface area contributed by atoms with E-state index in [1.165, 1.54) is 12.1 Å². The van der Waals surface area contributed by atoms with Crippen molar-refractivity contribution in [1.82, 2.24) is 19.8 Å². The molecule has 0 atom stereocenters. The van der Waals surface area contributed by atoms with Crippen LogP contribution in [-0.2, 0) is 0 Å². The molecule has 0 radical (unpaired) electrons. The van der Waals surface area contributed by atoms with Crippen LogP contribution in [0.15, 0.2) is 48.5 Å². The molecule has 2 heterocycles. The Morgan fingerprint density at radius 3 is 2.38 bits per heavy atom. The van der Waals surface area contributed by atoms with Gasteiger partial charge in [0, 0.05) is 54.5 Å². The minimum atomic E-state index is -0.459. The number of aryl methyl sites for hydroxylation is 1. The number of carbonyl (C=O) groups excluding carboxylic acids is 1. The maximum absolute atomic E-state index is 13.5. The molecule has 1 fully saturated rings. The van der Waals surface area contributed by atoms with E-state index in [0.29, 0.717) is 46.5 Å². The van der Waals surface area contributed by atoms with Gasteiger partial charge in [-0.2, -0.15) is 0 Å². The van der Waals surface area contributed by atoms with Gasteiger partial charge in [0.05, 0.1) is 21.9 Å². The number of nitro benzene ring substituents is 1. The number of nitro groups is 1. The highest BCUT2D eigenvalue weighted by Gasteiger charge is 2.27. The van der Waals surface area contributed by atoms with Gasteiger partial charge in [-0.3, -0.25) is 14.9 Å². The normalized spacial score (nSPS) is 14.4. The summed E-state index contributed by atoms with van der Waals surface area (Å²) in [4.78, 5) is 37.7. The summed E-state index contributed by atoms with van der Waals surface area (Å²) in [5.41, 5.74) is 2.45. The van der Waals surface area contributed by atoms with E-state index in [-0.39, 0.29) is 11.6 Å². The summed E-state index contributed by atoms with van der Waals surface area (Å²) in [5, 5.41) is 11.9. The maximum atomic E-state index is 13.5. The molecule has 1 aromatic heterocycles. The fraction of sp³-hybridized carbons (Fsp3) is 0.261. The minimum Gasteiger partial charge on any atom is -0.336 e. The number of halogens is 1. The second-order valence-electron chi connectivity index (χ2n) is 7.77. The van der Waals surface area contributed by atoms with E-state index >= 15 is 0 Å². The third kappa shape index (κ3) is 4.46. The molecule has 8 nitrogen and oxygen atoms in total. The first-order valence-corrected chi connectivity index (χ1v) is 10.6. The average Bonchev–Trinajstić information content (AvgIpc) is 2.79. The molecule has 4 rings (SSSR count). The number of benzene rings is 2. The molecule has 1 aliphatic rings. The molecule has 0 bridgehead atoms. The summed E-state index contributed by atoms with van der Waals surface area (Å²) in [5.74, 6) is 0.260. The lowest BCUT2D eigenvalue weighted by atomic mass is 10.0. The third-order valence-corrected chi connectivity index (χ3v) is 5.78. The Morgan fingerprint density at radius 1 is 1.03 bits per heavy atom. The first kappa shape index (κ1) is 21.9. The molecule has 164 valence electrons. The molecule has 0 unspecified atom stereocenters. The molecule has 1 aliphatic heterocycles. The van der Waals surface area contributed by atoms with Crippen LogP contribution in [0.4, 0.5) is 5.69 Å². The Labute approximate surface area is 190 Å². The quantitative estimate of drug-likeness (QED) is 0.438. The summed E-state index contributed by atoms with van der Waals surface area (Å²) in [6.45, 7) is 4.52. The minimum absolute atomic E-state index is 0.0650. The number of rotatable bonds is 4. The van der Waals surface area contributed by atoms with Crippen molar-refractivity contribution in [3.8, 4) is 22.6 Å². The smallest absolute Gasteiger partial charge is 0.270 e. The van der Waals surface area contributed by atoms with Crippen LogP contribution in [0, 0.1) is 17.0 Å². The predicted octanol–water partition coefficient (Wildman–Crippen LogP) is 4.07. The van der Waals surface area contributed by atoms with Gasteiger partial charge >= 0.3 is 0 Å². The second-order valence-corrected chi connectivity index (χ2v) is 8.20. The van der Waals surface area contributed by atoms with Crippen LogP contribution < -0.4 is 0 Å². The molecule has 2 aromatic carbocycles. The average molecular weight is 452 g/mol. The highest BCUT2D eigenvalue weighted by molar-refractivity contribution is 6.30. The summed E-state index contributed by atoms with van der Waals surface area (Å²) in [6.07, 6.45) is 0. The Hall–Kier alpha value is -3.36. The van der Waals surface area contributed by atoms with Gasteiger partial charge in [0.25, 0.3) is 11.6 Å². The van der Waals surface area contributed by atoms with Crippen molar-refractivity contribution in [3.63, 3.8) is 0 Å². The van der Waals surface area contributed by atoms with E-state index in [1.807, 2.05) is 7.05 Å². The van der Waals surface area contributed by atoms with Crippen LogP contribution in [0.1, 0.15) is 16.1 Å².